The lowest BCUT2D eigenvalue weighted by atomic mass is 10.1. The van der Waals surface area contributed by atoms with Crippen LogP contribution in [0.3, 0.4) is 0 Å². The van der Waals surface area contributed by atoms with Gasteiger partial charge < -0.3 is 4.74 Å². The number of hydrogen-bond donors (Lipinski definition) is 0. The highest BCUT2D eigenvalue weighted by atomic mass is 32.2. The number of esters is 1. The molecule has 3 aliphatic rings. The van der Waals surface area contributed by atoms with E-state index in [9.17, 15) is 30.0 Å². The van der Waals surface area contributed by atoms with E-state index in [2.05, 4.69) is 0 Å². The van der Waals surface area contributed by atoms with E-state index in [1.807, 2.05) is 0 Å². The summed E-state index contributed by atoms with van der Waals surface area (Å²) in [7, 11) is -11.1. The van der Waals surface area contributed by atoms with Crippen molar-refractivity contribution in [3.05, 3.63) is 0 Å². The van der Waals surface area contributed by atoms with Gasteiger partial charge in [-0.25, -0.2) is 16.8 Å². The molecule has 0 amide bonds. The number of rotatable bonds is 6. The van der Waals surface area contributed by atoms with Crippen LogP contribution in [0.15, 0.2) is 0 Å². The molecule has 0 spiro atoms. The Bertz CT molecular complexity index is 956. The predicted molar refractivity (Wildman–Crippen MR) is 109 cm³/mol. The molecule has 0 bridgehead atoms. The summed E-state index contributed by atoms with van der Waals surface area (Å²) in [6.45, 7) is 1.85. The Balaban J connectivity index is 1.68. The van der Waals surface area contributed by atoms with Gasteiger partial charge in [0.05, 0.1) is 23.4 Å². The third-order valence-electron chi connectivity index (χ3n) is 5.80. The fourth-order valence-electron chi connectivity index (χ4n) is 4.17. The van der Waals surface area contributed by atoms with Crippen LogP contribution in [-0.4, -0.2) is 106 Å². The van der Waals surface area contributed by atoms with E-state index >= 15 is 0 Å². The summed E-state index contributed by atoms with van der Waals surface area (Å²) < 4.78 is 83.7. The van der Waals surface area contributed by atoms with E-state index in [1.54, 1.807) is 6.92 Å². The Morgan fingerprint density at radius 1 is 0.967 bits per heavy atom. The Morgan fingerprint density at radius 2 is 1.60 bits per heavy atom. The molecule has 0 aliphatic carbocycles. The minimum atomic E-state index is -3.96. The zero-order valence-corrected chi connectivity index (χ0v) is 19.4. The SMILES string of the molecule is CCOC(=O)[C@H]1CCCCN1S(=O)(=O)N1CCN(S(=O)(=O)[C@@H]2CCS(=O)(=O)C2)CC1. The third-order valence-corrected chi connectivity index (χ3v) is 12.2. The van der Waals surface area contributed by atoms with Crippen molar-refractivity contribution in [2.45, 2.75) is 43.9 Å². The monoisotopic (exact) mass is 487 g/mol. The first kappa shape index (κ1) is 23.9. The smallest absolute Gasteiger partial charge is 0.324 e. The van der Waals surface area contributed by atoms with Crippen LogP contribution in [0.5, 0.6) is 0 Å². The van der Waals surface area contributed by atoms with Crippen LogP contribution in [0, 0.1) is 0 Å². The zero-order valence-electron chi connectivity index (χ0n) is 17.0. The van der Waals surface area contributed by atoms with Crippen LogP contribution < -0.4 is 0 Å². The Morgan fingerprint density at radius 3 is 2.17 bits per heavy atom. The maximum Gasteiger partial charge on any atom is 0.324 e. The lowest BCUT2D eigenvalue weighted by Gasteiger charge is -2.40. The van der Waals surface area contributed by atoms with E-state index in [4.69, 9.17) is 4.74 Å². The number of sulfone groups is 1. The van der Waals surface area contributed by atoms with Gasteiger partial charge >= 0.3 is 5.97 Å². The van der Waals surface area contributed by atoms with Crippen LogP contribution in [0.4, 0.5) is 0 Å². The maximum atomic E-state index is 13.2. The fourth-order valence-corrected chi connectivity index (χ4v) is 10.5. The van der Waals surface area contributed by atoms with Gasteiger partial charge in [0.15, 0.2) is 9.84 Å². The molecule has 14 heteroatoms. The van der Waals surface area contributed by atoms with E-state index < -0.39 is 47.3 Å². The quantitative estimate of drug-likeness (QED) is 0.425. The van der Waals surface area contributed by atoms with Crippen molar-refractivity contribution < 1.29 is 34.8 Å². The van der Waals surface area contributed by atoms with Gasteiger partial charge in [-0.1, -0.05) is 0 Å². The lowest BCUT2D eigenvalue weighted by molar-refractivity contribution is -0.148. The highest BCUT2D eigenvalue weighted by molar-refractivity contribution is 7.95. The second kappa shape index (κ2) is 8.98. The normalized spacial score (nSPS) is 29.6. The van der Waals surface area contributed by atoms with Gasteiger partial charge in [0, 0.05) is 32.7 Å². The summed E-state index contributed by atoms with van der Waals surface area (Å²) in [4.78, 5) is 12.2. The van der Waals surface area contributed by atoms with E-state index in [1.165, 1.54) is 12.9 Å². The summed E-state index contributed by atoms with van der Waals surface area (Å²) >= 11 is 0. The number of nitrogens with zero attached hydrogens (tertiary/aromatic N) is 3. The van der Waals surface area contributed by atoms with Crippen molar-refractivity contribution in [1.29, 1.82) is 0 Å². The summed E-state index contributed by atoms with van der Waals surface area (Å²) in [5, 5.41) is -0.971. The molecule has 3 rings (SSSR count). The molecule has 3 heterocycles. The van der Waals surface area contributed by atoms with Gasteiger partial charge in [-0.05, 0) is 32.6 Å². The fraction of sp³-hybridized carbons (Fsp3) is 0.938. The lowest BCUT2D eigenvalue weighted by Crippen LogP contribution is -2.58. The molecule has 3 aliphatic heterocycles. The number of hydrogen-bond acceptors (Lipinski definition) is 8. The molecule has 0 N–H and O–H groups in total. The summed E-state index contributed by atoms with van der Waals surface area (Å²) in [5.41, 5.74) is 0. The van der Waals surface area contributed by atoms with E-state index in [-0.39, 0.29) is 57.3 Å². The molecule has 0 aromatic heterocycles. The van der Waals surface area contributed by atoms with Crippen molar-refractivity contribution in [2.24, 2.45) is 0 Å². The molecule has 2 atom stereocenters. The van der Waals surface area contributed by atoms with E-state index in [0.29, 0.717) is 12.8 Å². The van der Waals surface area contributed by atoms with Crippen molar-refractivity contribution >= 4 is 36.0 Å². The highest BCUT2D eigenvalue weighted by Gasteiger charge is 2.45. The molecular weight excluding hydrogens is 458 g/mol. The number of piperidine rings is 1. The molecular formula is C16H29N3O8S3. The molecule has 0 radical (unpaired) electrons. The molecule has 0 aromatic rings. The van der Waals surface area contributed by atoms with E-state index in [0.717, 1.165) is 6.42 Å². The van der Waals surface area contributed by atoms with Gasteiger partial charge in [-0.15, -0.1) is 0 Å². The molecule has 3 saturated heterocycles. The zero-order chi connectivity index (χ0) is 22.2. The molecule has 30 heavy (non-hydrogen) atoms. The number of ether oxygens (including phenoxy) is 1. The van der Waals surface area contributed by atoms with Crippen LogP contribution in [0.1, 0.15) is 32.6 Å². The number of carbonyl (C=O) groups is 1. The van der Waals surface area contributed by atoms with Gasteiger partial charge in [0.2, 0.25) is 10.0 Å². The van der Waals surface area contributed by atoms with Gasteiger partial charge in [0.25, 0.3) is 10.2 Å². The van der Waals surface area contributed by atoms with Gasteiger partial charge in [0.1, 0.15) is 6.04 Å². The highest BCUT2D eigenvalue weighted by Crippen LogP contribution is 2.27. The molecule has 3 fully saturated rings. The maximum absolute atomic E-state index is 13.2. The van der Waals surface area contributed by atoms with Crippen molar-refractivity contribution in [3.8, 4) is 0 Å². The summed E-state index contributed by atoms with van der Waals surface area (Å²) in [6.07, 6.45) is 1.83. The summed E-state index contributed by atoms with van der Waals surface area (Å²) in [5.74, 6) is -1.09. The second-order valence-corrected chi connectivity index (χ2v) is 14.1. The molecule has 0 saturated carbocycles. The Labute approximate surface area is 178 Å². The minimum absolute atomic E-state index is 0.0456. The van der Waals surface area contributed by atoms with Crippen molar-refractivity contribution in [1.82, 2.24) is 12.9 Å². The largest absolute Gasteiger partial charge is 0.465 e. The average molecular weight is 488 g/mol. The minimum Gasteiger partial charge on any atom is -0.465 e. The average Bonchev–Trinajstić information content (AvgIpc) is 3.09. The Kier molecular flexibility index (Phi) is 7.14. The molecule has 0 aromatic carbocycles. The molecule has 0 unspecified atom stereocenters. The number of carbonyl (C=O) groups excluding carboxylic acids is 1. The Hall–Kier alpha value is -0.800. The third kappa shape index (κ3) is 4.83. The van der Waals surface area contributed by atoms with Gasteiger partial charge in [-0.3, -0.25) is 4.79 Å². The number of piperazine rings is 1. The van der Waals surface area contributed by atoms with Crippen molar-refractivity contribution in [3.63, 3.8) is 0 Å². The molecule has 11 nitrogen and oxygen atoms in total. The van der Waals surface area contributed by atoms with Gasteiger partial charge in [-0.2, -0.15) is 21.3 Å². The first-order valence-corrected chi connectivity index (χ1v) is 14.8. The first-order valence-electron chi connectivity index (χ1n) is 10.1. The van der Waals surface area contributed by atoms with Crippen LogP contribution in [-0.2, 0) is 39.6 Å². The molecule has 174 valence electrons. The van der Waals surface area contributed by atoms with Crippen LogP contribution in [0.25, 0.3) is 0 Å². The summed E-state index contributed by atoms with van der Waals surface area (Å²) in [6, 6.07) is -0.867. The van der Waals surface area contributed by atoms with Crippen LogP contribution >= 0.6 is 0 Å². The number of sulfonamides is 1. The topological polar surface area (TPSA) is 138 Å². The standard InChI is InChI=1S/C16H29N3O8S3/c1-2-27-16(20)15-5-3-4-7-19(15)30(25,26)18-10-8-17(9-11-18)29(23,24)14-6-12-28(21,22)13-14/h14-15H,2-13H2,1H3/t14-,15-/m1/s1. The first-order chi connectivity index (χ1) is 14.0. The predicted octanol–water partition coefficient (Wildman–Crippen LogP) is -1.22. The van der Waals surface area contributed by atoms with Crippen LogP contribution in [0.2, 0.25) is 0 Å². The van der Waals surface area contributed by atoms with Crippen molar-refractivity contribution in [2.75, 3.05) is 50.8 Å². The second-order valence-electron chi connectivity index (χ2n) is 7.75.